The number of amides is 1. The summed E-state index contributed by atoms with van der Waals surface area (Å²) in [4.78, 5) is 19.8. The van der Waals surface area contributed by atoms with E-state index in [0.29, 0.717) is 12.1 Å². The zero-order valence-electron chi connectivity index (χ0n) is 17.6. The molecule has 1 amide bonds. The van der Waals surface area contributed by atoms with Crippen molar-refractivity contribution in [1.29, 1.82) is 0 Å². The number of benzene rings is 3. The summed E-state index contributed by atoms with van der Waals surface area (Å²) in [6.45, 7) is 1.35. The highest BCUT2D eigenvalue weighted by Gasteiger charge is 2.35. The molecule has 1 fully saturated rings. The Morgan fingerprint density at radius 1 is 1.00 bits per heavy atom. The van der Waals surface area contributed by atoms with Gasteiger partial charge in [0.05, 0.1) is 22.7 Å². The number of fused-ring (bicyclic) bond motifs is 2. The number of rotatable bonds is 4. The van der Waals surface area contributed by atoms with Crippen LogP contribution in [0.25, 0.3) is 16.7 Å². The minimum atomic E-state index is -0.241. The van der Waals surface area contributed by atoms with Crippen molar-refractivity contribution >= 4 is 22.6 Å². The van der Waals surface area contributed by atoms with E-state index in [1.165, 1.54) is 0 Å². The number of hydrogen-bond acceptors (Lipinski definition) is 4. The summed E-state index contributed by atoms with van der Waals surface area (Å²) in [5, 5.41) is 3.58. The molecule has 0 radical (unpaired) electrons. The fraction of sp³-hybridized carbons (Fsp3) is 0.231. The third-order valence-corrected chi connectivity index (χ3v) is 6.39. The van der Waals surface area contributed by atoms with Crippen LogP contribution in [0.4, 0.5) is 5.69 Å². The van der Waals surface area contributed by atoms with Crippen LogP contribution in [-0.2, 0) is 4.74 Å². The van der Waals surface area contributed by atoms with Gasteiger partial charge in [0.1, 0.15) is 12.5 Å². The van der Waals surface area contributed by atoms with Gasteiger partial charge in [0.25, 0.3) is 5.91 Å². The Balaban J connectivity index is 1.35. The van der Waals surface area contributed by atoms with Crippen LogP contribution in [0.15, 0.2) is 79.1 Å². The highest BCUT2D eigenvalue weighted by molar-refractivity contribution is 6.01. The lowest BCUT2D eigenvalue weighted by Crippen LogP contribution is -2.46. The Labute approximate surface area is 186 Å². The predicted molar refractivity (Wildman–Crippen MR) is 124 cm³/mol. The van der Waals surface area contributed by atoms with Crippen LogP contribution in [0.5, 0.6) is 0 Å². The molecule has 0 saturated carbocycles. The summed E-state index contributed by atoms with van der Waals surface area (Å²) < 4.78 is 7.93. The average Bonchev–Trinajstić information content (AvgIpc) is 3.51. The highest BCUT2D eigenvalue weighted by Crippen LogP contribution is 2.34. The molecule has 4 aromatic rings. The average molecular weight is 425 g/mol. The molecule has 0 aliphatic carbocycles. The van der Waals surface area contributed by atoms with E-state index in [0.717, 1.165) is 47.4 Å². The first-order chi connectivity index (χ1) is 15.8. The van der Waals surface area contributed by atoms with E-state index in [4.69, 9.17) is 4.74 Å². The first kappa shape index (κ1) is 19.1. The number of ether oxygens (including phenoxy) is 1. The molecule has 1 saturated heterocycles. The van der Waals surface area contributed by atoms with Crippen LogP contribution in [-0.4, -0.2) is 39.6 Å². The lowest BCUT2D eigenvalue weighted by molar-refractivity contribution is 0.0427. The van der Waals surface area contributed by atoms with Crippen molar-refractivity contribution in [3.05, 3.63) is 90.3 Å². The van der Waals surface area contributed by atoms with Gasteiger partial charge in [0.2, 0.25) is 0 Å². The number of hydrogen-bond donors (Lipinski definition) is 1. The smallest absolute Gasteiger partial charge is 0.257 e. The van der Waals surface area contributed by atoms with Crippen LogP contribution in [0.3, 0.4) is 0 Å². The first-order valence-electron chi connectivity index (χ1n) is 11.1. The molecule has 3 heterocycles. The monoisotopic (exact) mass is 424 g/mol. The van der Waals surface area contributed by atoms with E-state index in [1.807, 2.05) is 53.7 Å². The van der Waals surface area contributed by atoms with Gasteiger partial charge in [-0.05, 0) is 54.8 Å². The summed E-state index contributed by atoms with van der Waals surface area (Å²) >= 11 is 0. The molecule has 6 nitrogen and oxygen atoms in total. The number of para-hydroxylation sites is 3. The van der Waals surface area contributed by atoms with Crippen molar-refractivity contribution in [3.8, 4) is 5.69 Å². The van der Waals surface area contributed by atoms with Gasteiger partial charge in [-0.2, -0.15) is 0 Å². The molecule has 0 bridgehead atoms. The zero-order valence-corrected chi connectivity index (χ0v) is 17.6. The van der Waals surface area contributed by atoms with E-state index in [9.17, 15) is 4.79 Å². The van der Waals surface area contributed by atoms with Gasteiger partial charge in [-0.15, -0.1) is 0 Å². The largest absolute Gasteiger partial charge is 0.376 e. The van der Waals surface area contributed by atoms with Gasteiger partial charge in [-0.1, -0.05) is 36.4 Å². The van der Waals surface area contributed by atoms with Crippen LogP contribution in [0.2, 0.25) is 0 Å². The molecule has 0 unspecified atom stereocenters. The summed E-state index contributed by atoms with van der Waals surface area (Å²) in [7, 11) is 0. The van der Waals surface area contributed by atoms with Gasteiger partial charge in [-0.3, -0.25) is 9.36 Å². The van der Waals surface area contributed by atoms with Crippen molar-refractivity contribution in [1.82, 2.24) is 14.5 Å². The molecule has 0 spiro atoms. The van der Waals surface area contributed by atoms with Gasteiger partial charge in [-0.25, -0.2) is 4.98 Å². The maximum absolute atomic E-state index is 13.4. The standard InChI is InChI=1S/C26H24N4O2/c31-26-21-7-1-2-8-22(21)28-25(29(26)16-20-6-5-15-32-20)18-11-13-19(14-12-18)30-17-27-23-9-3-4-10-24(23)30/h1-4,7-14,17,20,25,28H,5-6,15-16H2/t20-,25-/m1/s1. The minimum absolute atomic E-state index is 0.0459. The van der Waals surface area contributed by atoms with E-state index < -0.39 is 0 Å². The Bertz CT molecular complexity index is 1270. The Morgan fingerprint density at radius 3 is 2.66 bits per heavy atom. The summed E-state index contributed by atoms with van der Waals surface area (Å²) in [6.07, 6.45) is 3.74. The summed E-state index contributed by atoms with van der Waals surface area (Å²) in [5.74, 6) is 0.0459. The molecule has 2 aliphatic heterocycles. The predicted octanol–water partition coefficient (Wildman–Crippen LogP) is 4.77. The molecular weight excluding hydrogens is 400 g/mol. The third-order valence-electron chi connectivity index (χ3n) is 6.39. The van der Waals surface area contributed by atoms with Gasteiger partial charge < -0.3 is 15.0 Å². The van der Waals surface area contributed by atoms with Gasteiger partial charge >= 0.3 is 0 Å². The van der Waals surface area contributed by atoms with E-state index in [-0.39, 0.29) is 18.2 Å². The second-order valence-corrected chi connectivity index (χ2v) is 8.38. The topological polar surface area (TPSA) is 59.4 Å². The Hall–Kier alpha value is -3.64. The SMILES string of the molecule is O=C1c2ccccc2N[C@@H](c2ccc(-n3cnc4ccccc43)cc2)N1C[C@H]1CCCO1. The van der Waals surface area contributed by atoms with Crippen LogP contribution in [0, 0.1) is 0 Å². The van der Waals surface area contributed by atoms with E-state index in [1.54, 1.807) is 0 Å². The van der Waals surface area contributed by atoms with Crippen molar-refractivity contribution in [2.75, 3.05) is 18.5 Å². The Morgan fingerprint density at radius 2 is 1.81 bits per heavy atom. The maximum Gasteiger partial charge on any atom is 0.257 e. The quantitative estimate of drug-likeness (QED) is 0.513. The van der Waals surface area contributed by atoms with Crippen molar-refractivity contribution in [3.63, 3.8) is 0 Å². The minimum Gasteiger partial charge on any atom is -0.376 e. The number of imidazole rings is 1. The number of aromatic nitrogens is 2. The maximum atomic E-state index is 13.4. The van der Waals surface area contributed by atoms with Crippen molar-refractivity contribution < 1.29 is 9.53 Å². The molecule has 2 atom stereocenters. The number of anilines is 1. The molecule has 3 aromatic carbocycles. The van der Waals surface area contributed by atoms with Gasteiger partial charge in [0.15, 0.2) is 0 Å². The number of carbonyl (C=O) groups excluding carboxylic acids is 1. The second-order valence-electron chi connectivity index (χ2n) is 8.38. The van der Waals surface area contributed by atoms with Gasteiger partial charge in [0, 0.05) is 24.5 Å². The third kappa shape index (κ3) is 3.24. The molecule has 6 heteroatoms. The number of nitrogens with zero attached hydrogens (tertiary/aromatic N) is 3. The normalized spacial score (nSPS) is 20.4. The molecule has 160 valence electrons. The van der Waals surface area contributed by atoms with Crippen molar-refractivity contribution in [2.45, 2.75) is 25.1 Å². The summed E-state index contributed by atoms with van der Waals surface area (Å²) in [5.41, 5.74) is 5.70. The molecule has 1 aromatic heterocycles. The van der Waals surface area contributed by atoms with Crippen LogP contribution < -0.4 is 5.32 Å². The Kier molecular flexibility index (Phi) is 4.65. The van der Waals surface area contributed by atoms with E-state index >= 15 is 0 Å². The lowest BCUT2D eigenvalue weighted by atomic mass is 10.0. The lowest BCUT2D eigenvalue weighted by Gasteiger charge is -2.39. The van der Waals surface area contributed by atoms with Crippen LogP contribution in [0.1, 0.15) is 34.9 Å². The second kappa shape index (κ2) is 7.80. The molecule has 32 heavy (non-hydrogen) atoms. The number of nitrogens with one attached hydrogen (secondary N) is 1. The molecular formula is C26H24N4O2. The molecule has 2 aliphatic rings. The zero-order chi connectivity index (χ0) is 21.5. The first-order valence-corrected chi connectivity index (χ1v) is 11.1. The highest BCUT2D eigenvalue weighted by atomic mass is 16.5. The van der Waals surface area contributed by atoms with E-state index in [2.05, 4.69) is 45.2 Å². The fourth-order valence-electron chi connectivity index (χ4n) is 4.73. The number of carbonyl (C=O) groups is 1. The molecule has 1 N–H and O–H groups in total. The van der Waals surface area contributed by atoms with Crippen molar-refractivity contribution in [2.24, 2.45) is 0 Å². The summed E-state index contributed by atoms with van der Waals surface area (Å²) in [6, 6.07) is 24.2. The molecule has 6 rings (SSSR count). The van der Waals surface area contributed by atoms with Crippen LogP contribution >= 0.6 is 0 Å². The fourth-order valence-corrected chi connectivity index (χ4v) is 4.73.